The molecular weight excluding hydrogens is 414 g/mol. The molecule has 7 heteroatoms. The van der Waals surface area contributed by atoms with E-state index in [1.807, 2.05) is 36.4 Å². The second-order valence-electron chi connectivity index (χ2n) is 7.95. The normalized spacial score (nSPS) is 16.3. The highest BCUT2D eigenvalue weighted by molar-refractivity contribution is 6.30. The summed E-state index contributed by atoms with van der Waals surface area (Å²) in [5.74, 6) is 0.987. The van der Waals surface area contributed by atoms with Gasteiger partial charge in [0.15, 0.2) is 0 Å². The minimum absolute atomic E-state index is 0.0784. The van der Waals surface area contributed by atoms with Gasteiger partial charge in [-0.05, 0) is 55.8 Å². The van der Waals surface area contributed by atoms with Gasteiger partial charge in [-0.3, -0.25) is 9.69 Å². The summed E-state index contributed by atoms with van der Waals surface area (Å²) >= 11 is 6.03. The van der Waals surface area contributed by atoms with Crippen LogP contribution in [0.25, 0.3) is 6.08 Å². The summed E-state index contributed by atoms with van der Waals surface area (Å²) in [5.41, 5.74) is 2.54. The largest absolute Gasteiger partial charge is 0.508 e. The van der Waals surface area contributed by atoms with Gasteiger partial charge in [0.25, 0.3) is 5.91 Å². The molecule has 6 nitrogen and oxygen atoms in total. The number of anilines is 1. The van der Waals surface area contributed by atoms with Crippen LogP contribution in [0.15, 0.2) is 48.0 Å². The number of carbonyl (C=O) groups is 1. The van der Waals surface area contributed by atoms with Gasteiger partial charge in [0, 0.05) is 55.1 Å². The smallest absolute Gasteiger partial charge is 0.250 e. The number of unbranched alkanes of at least 4 members (excludes halogenated alkanes) is 1. The van der Waals surface area contributed by atoms with Crippen molar-refractivity contribution in [3.63, 3.8) is 0 Å². The van der Waals surface area contributed by atoms with Crippen molar-refractivity contribution in [1.29, 1.82) is 0 Å². The Bertz CT molecular complexity index is 955. The Labute approximate surface area is 188 Å². The molecule has 0 aliphatic carbocycles. The molecule has 0 unspecified atom stereocenters. The van der Waals surface area contributed by atoms with Crippen LogP contribution in [0.2, 0.25) is 5.02 Å². The Balaban J connectivity index is 1.14. The number of piperazine rings is 1. The summed E-state index contributed by atoms with van der Waals surface area (Å²) in [6.45, 7) is 5.90. The van der Waals surface area contributed by atoms with Gasteiger partial charge in [-0.2, -0.15) is 0 Å². The highest BCUT2D eigenvalue weighted by Gasteiger charge is 2.18. The van der Waals surface area contributed by atoms with Gasteiger partial charge in [-0.25, -0.2) is 0 Å². The zero-order valence-electron chi connectivity index (χ0n) is 17.5. The fourth-order valence-corrected chi connectivity index (χ4v) is 4.16. The molecule has 2 heterocycles. The van der Waals surface area contributed by atoms with Gasteiger partial charge < -0.3 is 20.1 Å². The van der Waals surface area contributed by atoms with Gasteiger partial charge in [-0.15, -0.1) is 0 Å². The van der Waals surface area contributed by atoms with Gasteiger partial charge in [0.05, 0.1) is 5.57 Å². The monoisotopic (exact) mass is 441 g/mol. The number of hydrogen-bond acceptors (Lipinski definition) is 5. The number of benzene rings is 2. The highest BCUT2D eigenvalue weighted by Crippen LogP contribution is 2.29. The Morgan fingerprint density at radius 2 is 1.94 bits per heavy atom. The van der Waals surface area contributed by atoms with Crippen molar-refractivity contribution < 1.29 is 14.6 Å². The third-order valence-corrected chi connectivity index (χ3v) is 5.97. The summed E-state index contributed by atoms with van der Waals surface area (Å²) in [6.07, 6.45) is 3.83. The third kappa shape index (κ3) is 5.71. The maximum atomic E-state index is 12.4. The lowest BCUT2D eigenvalue weighted by molar-refractivity contribution is -0.117. The van der Waals surface area contributed by atoms with Gasteiger partial charge in [-0.1, -0.05) is 17.7 Å². The zero-order valence-corrected chi connectivity index (χ0v) is 18.3. The van der Waals surface area contributed by atoms with Crippen molar-refractivity contribution >= 4 is 29.3 Å². The van der Waals surface area contributed by atoms with Crippen LogP contribution in [0.4, 0.5) is 5.69 Å². The van der Waals surface area contributed by atoms with E-state index in [9.17, 15) is 9.90 Å². The van der Waals surface area contributed by atoms with Crippen molar-refractivity contribution in [2.45, 2.75) is 12.8 Å². The molecule has 164 valence electrons. The number of halogens is 1. The van der Waals surface area contributed by atoms with E-state index >= 15 is 0 Å². The first-order valence-electron chi connectivity index (χ1n) is 10.8. The molecular formula is C24H28ClN3O3. The van der Waals surface area contributed by atoms with Gasteiger partial charge in [0.1, 0.15) is 18.1 Å². The maximum absolute atomic E-state index is 12.4. The third-order valence-electron chi connectivity index (χ3n) is 5.73. The average Bonchev–Trinajstić information content (AvgIpc) is 2.78. The molecule has 2 aliphatic heterocycles. The van der Waals surface area contributed by atoms with Crippen LogP contribution in [0.5, 0.6) is 11.5 Å². The topological polar surface area (TPSA) is 65.0 Å². The van der Waals surface area contributed by atoms with Gasteiger partial charge in [0.2, 0.25) is 0 Å². The molecule has 0 bridgehead atoms. The van der Waals surface area contributed by atoms with E-state index in [0.717, 1.165) is 62.6 Å². The lowest BCUT2D eigenvalue weighted by atomic mass is 10.1. The van der Waals surface area contributed by atoms with Gasteiger partial charge >= 0.3 is 0 Å². The lowest BCUT2D eigenvalue weighted by Gasteiger charge is -2.36. The van der Waals surface area contributed by atoms with Crippen molar-refractivity contribution in [1.82, 2.24) is 10.2 Å². The Hall–Kier alpha value is -2.70. The first-order valence-corrected chi connectivity index (χ1v) is 11.1. The van der Waals surface area contributed by atoms with Crippen LogP contribution in [0.1, 0.15) is 18.4 Å². The number of phenols is 1. The zero-order chi connectivity index (χ0) is 21.6. The number of aromatic hydroxyl groups is 1. The number of amides is 1. The molecule has 0 atom stereocenters. The van der Waals surface area contributed by atoms with Crippen LogP contribution in [0.3, 0.4) is 0 Å². The number of hydrogen-bond donors (Lipinski definition) is 2. The minimum atomic E-state index is -0.0784. The minimum Gasteiger partial charge on any atom is -0.508 e. The highest BCUT2D eigenvalue weighted by atomic mass is 35.5. The number of carbonyl (C=O) groups excluding carboxylic acids is 1. The quantitative estimate of drug-likeness (QED) is 0.643. The number of ether oxygens (including phenoxy) is 1. The number of fused-ring (bicyclic) bond motifs is 1. The van der Waals surface area contributed by atoms with Crippen LogP contribution in [-0.2, 0) is 4.79 Å². The molecule has 0 aromatic heterocycles. The fraction of sp³-hybridized carbons (Fsp3) is 0.375. The molecule has 0 spiro atoms. The van der Waals surface area contributed by atoms with Crippen LogP contribution in [-0.4, -0.2) is 61.8 Å². The predicted octanol–water partition coefficient (Wildman–Crippen LogP) is 3.54. The number of nitrogens with zero attached hydrogens (tertiary/aromatic N) is 2. The molecule has 4 rings (SSSR count). The summed E-state index contributed by atoms with van der Waals surface area (Å²) in [4.78, 5) is 17.2. The summed E-state index contributed by atoms with van der Waals surface area (Å²) in [5, 5.41) is 13.3. The maximum Gasteiger partial charge on any atom is 0.250 e. The number of rotatable bonds is 7. The molecule has 31 heavy (non-hydrogen) atoms. The summed E-state index contributed by atoms with van der Waals surface area (Å²) in [7, 11) is 0. The Morgan fingerprint density at radius 3 is 2.74 bits per heavy atom. The molecule has 0 saturated carbocycles. The molecule has 1 fully saturated rings. The van der Waals surface area contributed by atoms with Crippen molar-refractivity contribution in [2.75, 3.05) is 50.8 Å². The first-order chi connectivity index (χ1) is 15.1. The van der Waals surface area contributed by atoms with E-state index in [1.54, 1.807) is 12.1 Å². The van der Waals surface area contributed by atoms with E-state index in [1.165, 1.54) is 0 Å². The second-order valence-corrected chi connectivity index (χ2v) is 8.39. The SMILES string of the molecule is O=C(NCCCCN1CCN(c2cccc(O)c2)CC1)C1=Cc2cc(Cl)ccc2OC1. The van der Waals surface area contributed by atoms with E-state index < -0.39 is 0 Å². The summed E-state index contributed by atoms with van der Waals surface area (Å²) < 4.78 is 5.65. The average molecular weight is 442 g/mol. The van der Waals surface area contributed by atoms with Crippen molar-refractivity contribution in [2.24, 2.45) is 0 Å². The molecule has 2 N–H and O–H groups in total. The number of phenolic OH excluding ortho intramolecular Hbond substituents is 1. The van der Waals surface area contributed by atoms with E-state index in [-0.39, 0.29) is 12.5 Å². The molecule has 1 saturated heterocycles. The first kappa shape index (κ1) is 21.5. The molecule has 0 radical (unpaired) electrons. The van der Waals surface area contributed by atoms with Crippen molar-refractivity contribution in [3.05, 3.63) is 58.6 Å². The molecule has 2 aromatic carbocycles. The molecule has 1 amide bonds. The predicted molar refractivity (Wildman–Crippen MR) is 124 cm³/mol. The Morgan fingerprint density at radius 1 is 1.10 bits per heavy atom. The molecule has 2 aliphatic rings. The number of nitrogens with one attached hydrogen (secondary N) is 1. The van der Waals surface area contributed by atoms with Crippen molar-refractivity contribution in [3.8, 4) is 11.5 Å². The van der Waals surface area contributed by atoms with Crippen LogP contribution < -0.4 is 15.0 Å². The van der Waals surface area contributed by atoms with Crippen LogP contribution in [0, 0.1) is 0 Å². The summed E-state index contributed by atoms with van der Waals surface area (Å²) in [6, 6.07) is 12.9. The fourth-order valence-electron chi connectivity index (χ4n) is 3.97. The standard InChI is InChI=1S/C24H28ClN3O3/c25-20-6-7-23-18(15-20)14-19(17-31-23)24(30)26-8-1-2-9-27-10-12-28(13-11-27)21-4-3-5-22(29)16-21/h3-7,14-16,29H,1-2,8-13,17H2,(H,26,30). The van der Waals surface area contributed by atoms with E-state index in [4.69, 9.17) is 16.3 Å². The lowest BCUT2D eigenvalue weighted by Crippen LogP contribution is -2.46. The second kappa shape index (κ2) is 10.1. The van der Waals surface area contributed by atoms with E-state index in [2.05, 4.69) is 15.1 Å². The molecule has 2 aromatic rings. The van der Waals surface area contributed by atoms with E-state index in [0.29, 0.717) is 22.9 Å². The van der Waals surface area contributed by atoms with Crippen LogP contribution >= 0.6 is 11.6 Å². The Kier molecular flexibility index (Phi) is 6.99.